The van der Waals surface area contributed by atoms with Gasteiger partial charge in [0.2, 0.25) is 5.60 Å². The van der Waals surface area contributed by atoms with Gasteiger partial charge in [-0.25, -0.2) is 4.98 Å². The number of hydrogen-bond donors (Lipinski definition) is 2. The van der Waals surface area contributed by atoms with Crippen molar-refractivity contribution in [2.24, 2.45) is 22.4 Å². The predicted molar refractivity (Wildman–Crippen MR) is 180 cm³/mol. The van der Waals surface area contributed by atoms with Gasteiger partial charge in [0, 0.05) is 12.8 Å². The van der Waals surface area contributed by atoms with E-state index in [1.165, 1.54) is 0 Å². The zero-order valence-corrected chi connectivity index (χ0v) is 27.7. The van der Waals surface area contributed by atoms with Gasteiger partial charge in [-0.05, 0) is 66.7 Å². The Bertz CT molecular complexity index is 1680. The number of carbonyl (C=O) groups excluding carboxylic acids is 2. The van der Waals surface area contributed by atoms with Crippen molar-refractivity contribution in [3.63, 3.8) is 0 Å². The number of benzene rings is 2. The van der Waals surface area contributed by atoms with Crippen LogP contribution in [0, 0.1) is 17.3 Å². The molecule has 2 bridgehead atoms. The van der Waals surface area contributed by atoms with Gasteiger partial charge in [-0.3, -0.25) is 9.59 Å². The molecule has 2 amide bonds. The standard InChI is InChI=1S/C36H40BClN4O5/c1-34(2)25-18-28(34)35(3)29(19-25)45-37(46-35)30(17-23-11-6-4-7-12-23)41-33(44)36(20-24-13-8-5-9-14-24)21-26(42-47-36)22-39-32(43)27-15-10-16-31(38)40-27/h4-16,25,28-30H,17-22H2,1-3H3,(H,39,43)(H,41,44)/t25-,28-,29+,30-,35-,36?/m0/s1. The van der Waals surface area contributed by atoms with Crippen molar-refractivity contribution >= 4 is 36.2 Å². The van der Waals surface area contributed by atoms with Crippen molar-refractivity contribution in [1.29, 1.82) is 0 Å². The Labute approximate surface area is 280 Å². The first-order valence-corrected chi connectivity index (χ1v) is 16.8. The fourth-order valence-corrected chi connectivity index (χ4v) is 8.29. The van der Waals surface area contributed by atoms with Gasteiger partial charge in [-0.15, -0.1) is 0 Å². The molecule has 4 fully saturated rings. The predicted octanol–water partition coefficient (Wildman–Crippen LogP) is 5.22. The minimum atomic E-state index is -1.33. The average molecular weight is 655 g/mol. The first-order valence-electron chi connectivity index (χ1n) is 16.4. The average Bonchev–Trinajstić information content (AvgIpc) is 3.65. The lowest BCUT2D eigenvalue weighted by atomic mass is 9.43. The summed E-state index contributed by atoms with van der Waals surface area (Å²) in [7, 11) is -0.621. The molecule has 11 heteroatoms. The largest absolute Gasteiger partial charge is 0.482 e. The lowest BCUT2D eigenvalue weighted by Crippen LogP contribution is -2.65. The number of amides is 2. The molecule has 0 radical (unpaired) electrons. The SMILES string of the molecule is CC1(C)[C@@H]2C[C@H]3OB([C@H](Cc4ccccc4)NC(=O)C4(Cc5ccccc5)CC(CNC(=O)c5cccc(Cl)n5)=NO4)O[C@@]3(C)[C@H]1C2. The van der Waals surface area contributed by atoms with Crippen molar-refractivity contribution in [2.75, 3.05) is 6.54 Å². The minimum Gasteiger partial charge on any atom is -0.404 e. The molecule has 5 aliphatic rings. The van der Waals surface area contributed by atoms with E-state index in [-0.39, 0.29) is 41.2 Å². The molecule has 0 spiro atoms. The van der Waals surface area contributed by atoms with Crippen LogP contribution in [0.3, 0.4) is 0 Å². The summed E-state index contributed by atoms with van der Waals surface area (Å²) in [6, 6.07) is 24.7. The van der Waals surface area contributed by atoms with Crippen LogP contribution in [0.4, 0.5) is 0 Å². The van der Waals surface area contributed by atoms with Gasteiger partial charge in [0.1, 0.15) is 10.8 Å². The molecule has 2 N–H and O–H groups in total. The van der Waals surface area contributed by atoms with Gasteiger partial charge in [0.25, 0.3) is 11.8 Å². The maximum Gasteiger partial charge on any atom is 0.482 e. The Morgan fingerprint density at radius 1 is 0.979 bits per heavy atom. The smallest absolute Gasteiger partial charge is 0.404 e. The van der Waals surface area contributed by atoms with Crippen LogP contribution in [-0.2, 0) is 31.8 Å². The molecule has 47 heavy (non-hydrogen) atoms. The van der Waals surface area contributed by atoms with Gasteiger partial charge in [0.05, 0.1) is 29.9 Å². The van der Waals surface area contributed by atoms with E-state index >= 15 is 0 Å². The minimum absolute atomic E-state index is 0.0204. The lowest BCUT2D eigenvalue weighted by Gasteiger charge is -2.64. The summed E-state index contributed by atoms with van der Waals surface area (Å²) in [5.41, 5.74) is 1.18. The van der Waals surface area contributed by atoms with Crippen LogP contribution < -0.4 is 10.6 Å². The van der Waals surface area contributed by atoms with Crippen LogP contribution in [0.25, 0.3) is 0 Å². The van der Waals surface area contributed by atoms with Crippen molar-refractivity contribution in [3.05, 3.63) is 101 Å². The number of pyridine rings is 1. The molecular formula is C36H40BClN4O5. The zero-order chi connectivity index (χ0) is 32.8. The van der Waals surface area contributed by atoms with Gasteiger partial charge >= 0.3 is 7.12 Å². The number of carbonyl (C=O) groups is 2. The van der Waals surface area contributed by atoms with Crippen LogP contribution >= 0.6 is 11.6 Å². The van der Waals surface area contributed by atoms with Crippen molar-refractivity contribution < 1.29 is 23.7 Å². The highest BCUT2D eigenvalue weighted by atomic mass is 35.5. The number of rotatable bonds is 10. The molecule has 1 unspecified atom stereocenters. The Hall–Kier alpha value is -3.73. The maximum absolute atomic E-state index is 14.5. The highest BCUT2D eigenvalue weighted by molar-refractivity contribution is 6.48. The summed E-state index contributed by atoms with van der Waals surface area (Å²) in [5, 5.41) is 10.7. The van der Waals surface area contributed by atoms with E-state index < -0.39 is 30.2 Å². The zero-order valence-electron chi connectivity index (χ0n) is 26.9. The monoisotopic (exact) mass is 654 g/mol. The topological polar surface area (TPSA) is 111 Å². The molecule has 244 valence electrons. The fourth-order valence-electron chi connectivity index (χ4n) is 8.13. The van der Waals surface area contributed by atoms with Crippen LogP contribution in [0.15, 0.2) is 84.0 Å². The summed E-state index contributed by atoms with van der Waals surface area (Å²) >= 11 is 5.97. The van der Waals surface area contributed by atoms with Gasteiger partial charge in [0.15, 0.2) is 0 Å². The molecule has 3 aromatic rings. The second kappa shape index (κ2) is 12.4. The first-order chi connectivity index (χ1) is 22.6. The normalized spacial score (nSPS) is 29.1. The number of hydrogen-bond acceptors (Lipinski definition) is 7. The number of nitrogens with one attached hydrogen (secondary N) is 2. The maximum atomic E-state index is 14.5. The molecule has 1 saturated heterocycles. The quantitative estimate of drug-likeness (QED) is 0.229. The third-order valence-electron chi connectivity index (χ3n) is 10.9. The molecule has 3 heterocycles. The third kappa shape index (κ3) is 6.07. The van der Waals surface area contributed by atoms with Crippen molar-refractivity contribution in [2.45, 2.75) is 76.1 Å². The van der Waals surface area contributed by atoms with E-state index in [1.807, 2.05) is 60.7 Å². The van der Waals surface area contributed by atoms with Gasteiger partial charge < -0.3 is 24.8 Å². The van der Waals surface area contributed by atoms with Crippen molar-refractivity contribution in [3.8, 4) is 0 Å². The summed E-state index contributed by atoms with van der Waals surface area (Å²) in [5.74, 6) is -0.161. The highest BCUT2D eigenvalue weighted by Crippen LogP contribution is 2.65. The van der Waals surface area contributed by atoms with Crippen LogP contribution in [0.2, 0.25) is 5.15 Å². The summed E-state index contributed by atoms with van der Waals surface area (Å²) in [6.45, 7) is 6.95. The summed E-state index contributed by atoms with van der Waals surface area (Å²) in [6.07, 6.45) is 3.09. The summed E-state index contributed by atoms with van der Waals surface area (Å²) in [4.78, 5) is 37.4. The molecule has 9 nitrogen and oxygen atoms in total. The van der Waals surface area contributed by atoms with Crippen LogP contribution in [-0.4, -0.2) is 59.4 Å². The van der Waals surface area contributed by atoms with E-state index in [0.29, 0.717) is 30.4 Å². The Balaban J connectivity index is 1.11. The van der Waals surface area contributed by atoms with Crippen LogP contribution in [0.1, 0.15) is 61.6 Å². The number of oxime groups is 1. The Morgan fingerprint density at radius 3 is 2.40 bits per heavy atom. The molecular weight excluding hydrogens is 615 g/mol. The first kappa shape index (κ1) is 31.9. The molecule has 3 aliphatic carbocycles. The van der Waals surface area contributed by atoms with E-state index in [0.717, 1.165) is 24.0 Å². The molecule has 3 saturated carbocycles. The number of nitrogens with zero attached hydrogens (tertiary/aromatic N) is 2. The molecule has 8 rings (SSSR count). The molecule has 6 atom stereocenters. The number of halogens is 1. The Morgan fingerprint density at radius 2 is 1.70 bits per heavy atom. The third-order valence-corrected chi connectivity index (χ3v) is 11.1. The lowest BCUT2D eigenvalue weighted by molar-refractivity contribution is -0.199. The van der Waals surface area contributed by atoms with E-state index in [1.54, 1.807) is 18.2 Å². The van der Waals surface area contributed by atoms with E-state index in [9.17, 15) is 9.59 Å². The van der Waals surface area contributed by atoms with Gasteiger partial charge in [-0.2, -0.15) is 0 Å². The van der Waals surface area contributed by atoms with E-state index in [4.69, 9.17) is 25.7 Å². The van der Waals surface area contributed by atoms with E-state index in [2.05, 4.69) is 41.5 Å². The molecule has 2 aliphatic heterocycles. The second-order valence-electron chi connectivity index (χ2n) is 14.2. The Kier molecular flexibility index (Phi) is 8.39. The fraction of sp³-hybridized carbons (Fsp3) is 0.444. The van der Waals surface area contributed by atoms with Crippen LogP contribution in [0.5, 0.6) is 0 Å². The number of aromatic nitrogens is 1. The van der Waals surface area contributed by atoms with Crippen molar-refractivity contribution in [1.82, 2.24) is 15.6 Å². The summed E-state index contributed by atoms with van der Waals surface area (Å²) < 4.78 is 13.5. The highest BCUT2D eigenvalue weighted by Gasteiger charge is 2.68. The second-order valence-corrected chi connectivity index (χ2v) is 14.6. The molecule has 2 aromatic carbocycles. The van der Waals surface area contributed by atoms with Gasteiger partial charge in [-0.1, -0.05) is 97.3 Å². The molecule has 1 aromatic heterocycles.